The third kappa shape index (κ3) is 4.62. The van der Waals surface area contributed by atoms with Crippen LogP contribution in [0, 0.1) is 11.3 Å². The lowest BCUT2D eigenvalue weighted by Gasteiger charge is -2.09. The summed E-state index contributed by atoms with van der Waals surface area (Å²) in [7, 11) is 0. The largest absolute Gasteiger partial charge is 0.492 e. The fourth-order valence-electron chi connectivity index (χ4n) is 1.36. The van der Waals surface area contributed by atoms with Gasteiger partial charge in [0.2, 0.25) is 0 Å². The van der Waals surface area contributed by atoms with E-state index in [0.29, 0.717) is 30.4 Å². The number of unbranched alkanes of at least 4 members (excludes halogenated alkanes) is 2. The second-order valence-electron chi connectivity index (χ2n) is 4.03. The minimum Gasteiger partial charge on any atom is -0.492 e. The molecule has 0 aliphatic heterocycles. The highest BCUT2D eigenvalue weighted by Gasteiger charge is 2.07. The van der Waals surface area contributed by atoms with Gasteiger partial charge in [-0.15, -0.1) is 0 Å². The SMILES string of the molecule is CCCCOc1cnc(C#N)c(OCCCC)c1. The van der Waals surface area contributed by atoms with Gasteiger partial charge in [0.1, 0.15) is 11.8 Å². The molecule has 4 heteroatoms. The quantitative estimate of drug-likeness (QED) is 0.662. The van der Waals surface area contributed by atoms with E-state index in [1.807, 2.05) is 6.07 Å². The zero-order chi connectivity index (χ0) is 13.2. The molecular weight excluding hydrogens is 228 g/mol. The van der Waals surface area contributed by atoms with Crippen LogP contribution in [0.25, 0.3) is 0 Å². The first kappa shape index (κ1) is 14.3. The summed E-state index contributed by atoms with van der Waals surface area (Å²) in [6, 6.07) is 3.77. The van der Waals surface area contributed by atoms with Gasteiger partial charge in [0.05, 0.1) is 19.4 Å². The number of nitrogens with zero attached hydrogens (tertiary/aromatic N) is 2. The van der Waals surface area contributed by atoms with Crippen LogP contribution in [0.2, 0.25) is 0 Å². The molecule has 0 atom stereocenters. The Morgan fingerprint density at radius 1 is 1.17 bits per heavy atom. The second-order valence-corrected chi connectivity index (χ2v) is 4.03. The highest BCUT2D eigenvalue weighted by atomic mass is 16.5. The Kier molecular flexibility index (Phi) is 6.63. The van der Waals surface area contributed by atoms with Gasteiger partial charge in [-0.1, -0.05) is 26.7 Å². The maximum atomic E-state index is 8.95. The Balaban J connectivity index is 2.66. The molecule has 0 unspecified atom stereocenters. The van der Waals surface area contributed by atoms with Gasteiger partial charge in [-0.2, -0.15) is 5.26 Å². The lowest BCUT2D eigenvalue weighted by molar-refractivity contribution is 0.291. The first-order chi connectivity index (χ1) is 8.81. The first-order valence-corrected chi connectivity index (χ1v) is 6.47. The molecule has 18 heavy (non-hydrogen) atoms. The lowest BCUT2D eigenvalue weighted by Crippen LogP contribution is -2.02. The van der Waals surface area contributed by atoms with Gasteiger partial charge in [0.15, 0.2) is 11.4 Å². The van der Waals surface area contributed by atoms with Crippen molar-refractivity contribution >= 4 is 0 Å². The third-order valence-corrected chi connectivity index (χ3v) is 2.46. The predicted molar refractivity (Wildman–Crippen MR) is 69.8 cm³/mol. The summed E-state index contributed by atoms with van der Waals surface area (Å²) in [4.78, 5) is 4.04. The summed E-state index contributed by atoms with van der Waals surface area (Å²) in [5.74, 6) is 1.17. The van der Waals surface area contributed by atoms with E-state index >= 15 is 0 Å². The van der Waals surface area contributed by atoms with Crippen molar-refractivity contribution in [3.8, 4) is 17.6 Å². The maximum Gasteiger partial charge on any atom is 0.182 e. The molecule has 0 fully saturated rings. The third-order valence-electron chi connectivity index (χ3n) is 2.46. The highest BCUT2D eigenvalue weighted by Crippen LogP contribution is 2.22. The summed E-state index contributed by atoms with van der Waals surface area (Å²) in [6.45, 7) is 5.47. The molecule has 4 nitrogen and oxygen atoms in total. The second kappa shape index (κ2) is 8.35. The van der Waals surface area contributed by atoms with E-state index < -0.39 is 0 Å². The van der Waals surface area contributed by atoms with Crippen LogP contribution in [0.1, 0.15) is 45.2 Å². The average molecular weight is 248 g/mol. The van der Waals surface area contributed by atoms with Gasteiger partial charge in [-0.3, -0.25) is 0 Å². The lowest BCUT2D eigenvalue weighted by atomic mass is 10.3. The molecule has 0 spiro atoms. The number of hydrogen-bond donors (Lipinski definition) is 0. The average Bonchev–Trinajstić information content (AvgIpc) is 2.40. The van der Waals surface area contributed by atoms with E-state index in [-0.39, 0.29) is 0 Å². The molecule has 0 aromatic carbocycles. The maximum absolute atomic E-state index is 8.95. The van der Waals surface area contributed by atoms with Crippen LogP contribution in [-0.2, 0) is 0 Å². The van der Waals surface area contributed by atoms with Crippen molar-refractivity contribution in [1.82, 2.24) is 4.98 Å². The molecular formula is C14H20N2O2. The van der Waals surface area contributed by atoms with E-state index in [0.717, 1.165) is 25.7 Å². The standard InChI is InChI=1S/C14H20N2O2/c1-3-5-7-17-12-9-14(18-8-6-4-2)13(10-15)16-11-12/h9,11H,3-8H2,1-2H3. The summed E-state index contributed by atoms with van der Waals surface area (Å²) in [5, 5.41) is 8.95. The Hall–Kier alpha value is -1.76. The summed E-state index contributed by atoms with van der Waals surface area (Å²) in [5.41, 5.74) is 0.314. The molecule has 0 saturated carbocycles. The van der Waals surface area contributed by atoms with Crippen molar-refractivity contribution in [2.45, 2.75) is 39.5 Å². The van der Waals surface area contributed by atoms with Crippen molar-refractivity contribution in [3.63, 3.8) is 0 Å². The van der Waals surface area contributed by atoms with Crippen LogP contribution in [0.3, 0.4) is 0 Å². The smallest absolute Gasteiger partial charge is 0.182 e. The van der Waals surface area contributed by atoms with Crippen LogP contribution in [-0.4, -0.2) is 18.2 Å². The zero-order valence-electron chi connectivity index (χ0n) is 11.1. The van der Waals surface area contributed by atoms with E-state index in [9.17, 15) is 0 Å². The molecule has 0 N–H and O–H groups in total. The molecule has 1 heterocycles. The molecule has 98 valence electrons. The molecule has 0 bridgehead atoms. The Bertz CT molecular complexity index is 399. The number of aromatic nitrogens is 1. The minimum atomic E-state index is 0.314. The summed E-state index contributed by atoms with van der Waals surface area (Å²) in [6.07, 6.45) is 5.68. The van der Waals surface area contributed by atoms with Crippen molar-refractivity contribution in [2.24, 2.45) is 0 Å². The zero-order valence-corrected chi connectivity index (χ0v) is 11.1. The van der Waals surface area contributed by atoms with E-state index in [2.05, 4.69) is 18.8 Å². The fraction of sp³-hybridized carbons (Fsp3) is 0.571. The molecule has 1 aromatic heterocycles. The molecule has 0 radical (unpaired) electrons. The van der Waals surface area contributed by atoms with Gasteiger partial charge in [-0.05, 0) is 12.8 Å². The normalized spacial score (nSPS) is 9.83. The van der Waals surface area contributed by atoms with Crippen LogP contribution in [0.4, 0.5) is 0 Å². The number of rotatable bonds is 8. The van der Waals surface area contributed by atoms with Crippen molar-refractivity contribution in [2.75, 3.05) is 13.2 Å². The molecule has 0 amide bonds. The van der Waals surface area contributed by atoms with Crippen LogP contribution < -0.4 is 9.47 Å². The minimum absolute atomic E-state index is 0.314. The number of pyridine rings is 1. The first-order valence-electron chi connectivity index (χ1n) is 6.47. The van der Waals surface area contributed by atoms with Gasteiger partial charge in [0.25, 0.3) is 0 Å². The van der Waals surface area contributed by atoms with E-state index in [1.165, 1.54) is 0 Å². The van der Waals surface area contributed by atoms with Crippen LogP contribution in [0.5, 0.6) is 11.5 Å². The van der Waals surface area contributed by atoms with E-state index in [1.54, 1.807) is 12.3 Å². The monoisotopic (exact) mass is 248 g/mol. The molecule has 0 aliphatic carbocycles. The summed E-state index contributed by atoms with van der Waals surface area (Å²) >= 11 is 0. The Labute approximate surface area is 109 Å². The van der Waals surface area contributed by atoms with Gasteiger partial charge in [0, 0.05) is 6.07 Å². The summed E-state index contributed by atoms with van der Waals surface area (Å²) < 4.78 is 11.1. The molecule has 1 rings (SSSR count). The predicted octanol–water partition coefficient (Wildman–Crippen LogP) is 3.31. The van der Waals surface area contributed by atoms with Crippen LogP contribution >= 0.6 is 0 Å². The van der Waals surface area contributed by atoms with Crippen LogP contribution in [0.15, 0.2) is 12.3 Å². The number of nitriles is 1. The molecule has 0 saturated heterocycles. The van der Waals surface area contributed by atoms with Crippen molar-refractivity contribution in [1.29, 1.82) is 5.26 Å². The Morgan fingerprint density at radius 3 is 2.44 bits per heavy atom. The molecule has 1 aromatic rings. The van der Waals surface area contributed by atoms with Gasteiger partial charge in [-0.25, -0.2) is 4.98 Å². The fourth-order valence-corrected chi connectivity index (χ4v) is 1.36. The number of hydrogen-bond acceptors (Lipinski definition) is 4. The van der Waals surface area contributed by atoms with Gasteiger partial charge < -0.3 is 9.47 Å². The van der Waals surface area contributed by atoms with Crippen molar-refractivity contribution < 1.29 is 9.47 Å². The van der Waals surface area contributed by atoms with E-state index in [4.69, 9.17) is 14.7 Å². The highest BCUT2D eigenvalue weighted by molar-refractivity contribution is 5.41. The topological polar surface area (TPSA) is 55.1 Å². The molecule has 0 aliphatic rings. The van der Waals surface area contributed by atoms with Gasteiger partial charge >= 0.3 is 0 Å². The Morgan fingerprint density at radius 2 is 1.83 bits per heavy atom. The number of ether oxygens (including phenoxy) is 2. The van der Waals surface area contributed by atoms with Crippen molar-refractivity contribution in [3.05, 3.63) is 18.0 Å².